The molecule has 1 aliphatic rings. The van der Waals surface area contributed by atoms with Gasteiger partial charge >= 0.3 is 0 Å². The Labute approximate surface area is 197 Å². The molecule has 1 aliphatic heterocycles. The summed E-state index contributed by atoms with van der Waals surface area (Å²) in [6.45, 7) is 5.45. The maximum Gasteiger partial charge on any atom is 0.274 e. The van der Waals surface area contributed by atoms with Crippen molar-refractivity contribution >= 4 is 45.0 Å². The molecule has 0 radical (unpaired) electrons. The van der Waals surface area contributed by atoms with Gasteiger partial charge in [-0.1, -0.05) is 11.6 Å². The van der Waals surface area contributed by atoms with E-state index in [1.54, 1.807) is 31.3 Å². The second kappa shape index (κ2) is 8.79. The predicted molar refractivity (Wildman–Crippen MR) is 122 cm³/mol. The molecule has 0 atom stereocenters. The Balaban J connectivity index is 1.77. The average molecular weight is 521 g/mol. The minimum absolute atomic E-state index is 0.00791. The van der Waals surface area contributed by atoms with E-state index in [1.165, 1.54) is 10.7 Å². The zero-order valence-electron chi connectivity index (χ0n) is 17.4. The largest absolute Gasteiger partial charge is 0.454 e. The molecule has 0 saturated heterocycles. The monoisotopic (exact) mass is 519 g/mol. The van der Waals surface area contributed by atoms with Crippen molar-refractivity contribution in [3.05, 3.63) is 56.9 Å². The first-order valence-electron chi connectivity index (χ1n) is 9.68. The second-order valence-electron chi connectivity index (χ2n) is 7.33. The number of rotatable bonds is 5. The van der Waals surface area contributed by atoms with Gasteiger partial charge in [0.2, 0.25) is 6.79 Å². The third-order valence-electron chi connectivity index (χ3n) is 4.60. The molecule has 3 aromatic rings. The van der Waals surface area contributed by atoms with Crippen LogP contribution in [0.4, 0.5) is 5.69 Å². The van der Waals surface area contributed by atoms with Crippen LogP contribution in [-0.4, -0.2) is 39.4 Å². The Kier molecular flexibility index (Phi) is 6.07. The van der Waals surface area contributed by atoms with E-state index < -0.39 is 5.91 Å². The van der Waals surface area contributed by atoms with Crippen LogP contribution in [0.1, 0.15) is 40.3 Å². The van der Waals surface area contributed by atoms with Gasteiger partial charge in [0.25, 0.3) is 11.8 Å². The topological polar surface area (TPSA) is 107 Å². The summed E-state index contributed by atoms with van der Waals surface area (Å²) < 4.78 is 12.7. The first kappa shape index (κ1) is 22.1. The fraction of sp³-hybridized carbons (Fsp3) is 0.238. The zero-order chi connectivity index (χ0) is 23.0. The van der Waals surface area contributed by atoms with E-state index in [1.807, 2.05) is 13.8 Å². The van der Waals surface area contributed by atoms with Crippen molar-refractivity contribution in [1.29, 1.82) is 0 Å². The zero-order valence-corrected chi connectivity index (χ0v) is 19.7. The van der Waals surface area contributed by atoms with Crippen molar-refractivity contribution in [3.63, 3.8) is 0 Å². The van der Waals surface area contributed by atoms with Crippen LogP contribution in [-0.2, 0) is 0 Å². The Morgan fingerprint density at radius 1 is 1.25 bits per heavy atom. The van der Waals surface area contributed by atoms with Gasteiger partial charge in [-0.2, -0.15) is 5.10 Å². The molecule has 2 aromatic heterocycles. The van der Waals surface area contributed by atoms with E-state index in [0.717, 1.165) is 0 Å². The highest BCUT2D eigenvalue weighted by atomic mass is 79.9. The minimum atomic E-state index is -0.509. The first-order valence-corrected chi connectivity index (χ1v) is 10.8. The molecule has 0 saturated carbocycles. The van der Waals surface area contributed by atoms with Gasteiger partial charge < -0.3 is 20.1 Å². The van der Waals surface area contributed by atoms with Crippen molar-refractivity contribution in [1.82, 2.24) is 20.1 Å². The molecule has 0 unspecified atom stereocenters. The number of pyridine rings is 1. The Morgan fingerprint density at radius 3 is 2.75 bits per heavy atom. The van der Waals surface area contributed by atoms with Crippen molar-refractivity contribution in [2.45, 2.75) is 26.8 Å². The lowest BCUT2D eigenvalue weighted by Crippen LogP contribution is -2.31. The summed E-state index contributed by atoms with van der Waals surface area (Å²) in [7, 11) is 0. The fourth-order valence-electron chi connectivity index (χ4n) is 3.27. The van der Waals surface area contributed by atoms with Crippen LogP contribution in [0, 0.1) is 6.92 Å². The Morgan fingerprint density at radius 2 is 2.03 bits per heavy atom. The summed E-state index contributed by atoms with van der Waals surface area (Å²) in [6.07, 6.45) is 1.55. The lowest BCUT2D eigenvalue weighted by molar-refractivity contribution is 0.0939. The third-order valence-corrected chi connectivity index (χ3v) is 5.28. The number of fused-ring (bicyclic) bond motifs is 1. The maximum absolute atomic E-state index is 13.3. The van der Waals surface area contributed by atoms with Gasteiger partial charge in [-0.15, -0.1) is 0 Å². The van der Waals surface area contributed by atoms with Crippen molar-refractivity contribution in [3.8, 4) is 17.3 Å². The van der Waals surface area contributed by atoms with Crippen LogP contribution in [0.3, 0.4) is 0 Å². The van der Waals surface area contributed by atoms with Crippen LogP contribution in [0.25, 0.3) is 5.82 Å². The number of nitrogens with zero attached hydrogens (tertiary/aromatic N) is 3. The number of aryl methyl sites for hydroxylation is 1. The van der Waals surface area contributed by atoms with E-state index in [2.05, 4.69) is 36.6 Å². The van der Waals surface area contributed by atoms with Gasteiger partial charge in [0.05, 0.1) is 10.7 Å². The summed E-state index contributed by atoms with van der Waals surface area (Å²) in [6, 6.07) is 6.47. The van der Waals surface area contributed by atoms with Crippen molar-refractivity contribution in [2.75, 3.05) is 12.1 Å². The summed E-state index contributed by atoms with van der Waals surface area (Å²) in [5.74, 6) is 0.132. The molecule has 2 amide bonds. The molecule has 1 aromatic carbocycles. The van der Waals surface area contributed by atoms with E-state index in [4.69, 9.17) is 21.1 Å². The molecular weight excluding hydrogens is 502 g/mol. The second-order valence-corrected chi connectivity index (χ2v) is 8.55. The van der Waals surface area contributed by atoms with E-state index in [-0.39, 0.29) is 35.7 Å². The van der Waals surface area contributed by atoms with Crippen LogP contribution in [0.15, 0.2) is 35.1 Å². The molecule has 0 spiro atoms. The number of carbonyl (C=O) groups excluding carboxylic acids is 2. The minimum Gasteiger partial charge on any atom is -0.454 e. The summed E-state index contributed by atoms with van der Waals surface area (Å²) in [5, 5.41) is 10.3. The third kappa shape index (κ3) is 4.15. The highest BCUT2D eigenvalue weighted by Gasteiger charge is 2.30. The van der Waals surface area contributed by atoms with Gasteiger partial charge in [-0.3, -0.25) is 9.59 Å². The molecule has 4 rings (SSSR count). The number of hydrogen-bond donors (Lipinski definition) is 2. The summed E-state index contributed by atoms with van der Waals surface area (Å²) in [5.41, 5.74) is 1.32. The lowest BCUT2D eigenvalue weighted by atomic mass is 10.0. The number of ether oxygens (including phenoxy) is 2. The van der Waals surface area contributed by atoms with Crippen molar-refractivity contribution in [2.24, 2.45) is 0 Å². The van der Waals surface area contributed by atoms with E-state index in [9.17, 15) is 9.59 Å². The molecule has 2 N–H and O–H groups in total. The number of hydrogen-bond acceptors (Lipinski definition) is 6. The molecule has 0 fully saturated rings. The predicted octanol–water partition coefficient (Wildman–Crippen LogP) is 4.11. The SMILES string of the molecule is Cc1cc2c(c(C(=O)NC(C)C)c1NC(=O)c1cc(Br)nn1-c1ncccc1Cl)OCO2. The van der Waals surface area contributed by atoms with Gasteiger partial charge in [-0.05, 0) is 60.5 Å². The van der Waals surface area contributed by atoms with Crippen LogP contribution in [0.2, 0.25) is 5.02 Å². The van der Waals surface area contributed by atoms with Crippen LogP contribution < -0.4 is 20.1 Å². The van der Waals surface area contributed by atoms with Crippen LogP contribution >= 0.6 is 27.5 Å². The molecule has 166 valence electrons. The normalized spacial score (nSPS) is 12.2. The highest BCUT2D eigenvalue weighted by molar-refractivity contribution is 9.10. The summed E-state index contributed by atoms with van der Waals surface area (Å²) >= 11 is 9.55. The molecular formula is C21H19BrClN5O4. The number of benzene rings is 1. The highest BCUT2D eigenvalue weighted by Crippen LogP contribution is 2.42. The number of aromatic nitrogens is 3. The maximum atomic E-state index is 13.3. The summed E-state index contributed by atoms with van der Waals surface area (Å²) in [4.78, 5) is 30.5. The van der Waals surface area contributed by atoms with E-state index >= 15 is 0 Å². The van der Waals surface area contributed by atoms with Gasteiger partial charge in [0.1, 0.15) is 15.9 Å². The molecule has 0 aliphatic carbocycles. The fourth-order valence-corrected chi connectivity index (χ4v) is 3.85. The van der Waals surface area contributed by atoms with E-state index in [0.29, 0.717) is 32.4 Å². The smallest absolute Gasteiger partial charge is 0.274 e. The number of nitrogens with one attached hydrogen (secondary N) is 2. The molecule has 9 nitrogen and oxygen atoms in total. The number of anilines is 1. The standard InChI is InChI=1S/C21H19BrClN5O4/c1-10(2)25-21(30)16-17(11(3)7-14-18(16)32-9-31-14)26-20(29)13-8-15(22)27-28(13)19-12(23)5-4-6-24-19/h4-8,10H,9H2,1-3H3,(H,25,30)(H,26,29). The molecule has 3 heterocycles. The van der Waals surface area contributed by atoms with Gasteiger partial charge in [0.15, 0.2) is 17.3 Å². The first-order chi connectivity index (χ1) is 15.3. The van der Waals surface area contributed by atoms with Crippen molar-refractivity contribution < 1.29 is 19.1 Å². The lowest BCUT2D eigenvalue weighted by Gasteiger charge is -2.17. The quantitative estimate of drug-likeness (QED) is 0.524. The number of halogens is 2. The van der Waals surface area contributed by atoms with Crippen LogP contribution in [0.5, 0.6) is 11.5 Å². The average Bonchev–Trinajstić information content (AvgIpc) is 3.34. The number of carbonyl (C=O) groups is 2. The molecule has 0 bridgehead atoms. The Hall–Kier alpha value is -3.11. The van der Waals surface area contributed by atoms with Gasteiger partial charge in [-0.25, -0.2) is 9.67 Å². The molecule has 32 heavy (non-hydrogen) atoms. The molecule has 11 heteroatoms. The van der Waals surface area contributed by atoms with Gasteiger partial charge in [0, 0.05) is 18.3 Å². The number of amides is 2. The Bertz CT molecular complexity index is 1230.